The molecule has 0 amide bonds. The van der Waals surface area contributed by atoms with Crippen LogP contribution in [0.2, 0.25) is 0 Å². The minimum atomic E-state index is -2.00. The van der Waals surface area contributed by atoms with Crippen LogP contribution in [0, 0.1) is 0 Å². The zero-order chi connectivity index (χ0) is 4.71. The van der Waals surface area contributed by atoms with Crippen molar-refractivity contribution in [3.8, 4) is 0 Å². The first-order valence-electron chi connectivity index (χ1n) is 0.563. The summed E-state index contributed by atoms with van der Waals surface area (Å²) >= 11 is -0.312. The summed E-state index contributed by atoms with van der Waals surface area (Å²) in [6, 6.07) is 0. The summed E-state index contributed by atoms with van der Waals surface area (Å²) in [5.41, 5.74) is 0. The Morgan fingerprint density at radius 1 is 1.17 bits per heavy atom. The molecule has 3 nitrogen and oxygen atoms in total. The standard InChI is InChI=1S/Li.Mn.3O.Ti.H. The third kappa shape index (κ3) is 61.8. The summed E-state index contributed by atoms with van der Waals surface area (Å²) in [6.45, 7) is 0. The van der Waals surface area contributed by atoms with Gasteiger partial charge >= 0.3 is 64.4 Å². The number of hydrogen-bond donors (Lipinski definition) is 0. The van der Waals surface area contributed by atoms with E-state index >= 15 is 0 Å². The summed E-state index contributed by atoms with van der Waals surface area (Å²) in [7, 11) is 0. The Labute approximate surface area is 64.0 Å². The Balaban J connectivity index is -0.0000000275. The molecule has 0 aliphatic heterocycles. The van der Waals surface area contributed by atoms with E-state index in [2.05, 4.69) is 0 Å². The Bertz CT molecular complexity index is 40.1. The van der Waals surface area contributed by atoms with Crippen molar-refractivity contribution in [2.75, 3.05) is 0 Å². The molecule has 0 aromatic rings. The van der Waals surface area contributed by atoms with Crippen molar-refractivity contribution in [2.24, 2.45) is 0 Å². The van der Waals surface area contributed by atoms with Crippen LogP contribution in [0.5, 0.6) is 0 Å². The molecule has 0 heterocycles. The molecule has 0 aliphatic carbocycles. The van der Waals surface area contributed by atoms with E-state index in [9.17, 15) is 0 Å². The second-order valence-corrected chi connectivity index (χ2v) is 0.344. The quantitative estimate of drug-likeness (QED) is 0.425. The molecule has 0 saturated carbocycles. The van der Waals surface area contributed by atoms with Crippen LogP contribution in [0.25, 0.3) is 0 Å². The van der Waals surface area contributed by atoms with Crippen molar-refractivity contribution in [3.63, 3.8) is 0 Å². The van der Waals surface area contributed by atoms with Gasteiger partial charge in [-0.15, -0.1) is 0 Å². The molecular weight excluding hydrogens is 158 g/mol. The third-order valence-electron chi connectivity index (χ3n) is 0. The molecule has 0 unspecified atom stereocenters. The fourth-order valence-corrected chi connectivity index (χ4v) is 0. The van der Waals surface area contributed by atoms with E-state index in [-0.39, 0.29) is 18.9 Å². The average molecular weight is 159 g/mol. The predicted molar refractivity (Wildman–Crippen MR) is 9.21 cm³/mol. The Morgan fingerprint density at radius 3 is 1.17 bits per heavy atom. The molecule has 0 aromatic heterocycles. The van der Waals surface area contributed by atoms with E-state index in [1.807, 2.05) is 0 Å². The predicted octanol–water partition coefficient (Wildman–Crippen LogP) is -1.01. The molecule has 0 aliphatic rings. The molecular formula is HLiMnO3Ti. The summed E-state index contributed by atoms with van der Waals surface area (Å²) in [4.78, 5) is 0. The van der Waals surface area contributed by atoms with Crippen molar-refractivity contribution >= 4 is 18.9 Å². The topological polar surface area (TPSA) is 51.2 Å². The van der Waals surface area contributed by atoms with Crippen molar-refractivity contribution in [3.05, 3.63) is 0 Å². The number of hydrogen-bond acceptors (Lipinski definition) is 3. The fourth-order valence-electron chi connectivity index (χ4n) is 0. The number of rotatable bonds is 0. The van der Waals surface area contributed by atoms with Crippen LogP contribution in [0.4, 0.5) is 0 Å². The molecule has 0 N–H and O–H groups in total. The summed E-state index contributed by atoms with van der Waals surface area (Å²) in [5, 5.41) is 0. The van der Waals surface area contributed by atoms with Crippen molar-refractivity contribution in [1.29, 1.82) is 0 Å². The molecule has 0 fully saturated rings. The van der Waals surface area contributed by atoms with Gasteiger partial charge in [-0.25, -0.2) is 0 Å². The molecule has 6 heavy (non-hydrogen) atoms. The average Bonchev–Trinajstić information content (AvgIpc) is 1.46. The molecule has 0 radical (unpaired) electrons. The summed E-state index contributed by atoms with van der Waals surface area (Å²) in [5.74, 6) is 0. The van der Waals surface area contributed by atoms with Gasteiger partial charge in [-0.2, -0.15) is 0 Å². The van der Waals surface area contributed by atoms with Crippen LogP contribution < -0.4 is 0 Å². The maximum absolute atomic E-state index is 8.50. The molecule has 0 aromatic carbocycles. The Morgan fingerprint density at radius 2 is 1.17 bits per heavy atom. The minimum absolute atomic E-state index is 0. The summed E-state index contributed by atoms with van der Waals surface area (Å²) in [6.07, 6.45) is 0. The van der Waals surface area contributed by atoms with E-state index in [1.54, 1.807) is 15.9 Å². The van der Waals surface area contributed by atoms with Gasteiger partial charge in [0, 0.05) is 0 Å². The molecule has 0 bridgehead atoms. The first-order valence-corrected chi connectivity index (χ1v) is 2.32. The second-order valence-electron chi connectivity index (χ2n) is 0.0833. The molecule has 0 spiro atoms. The van der Waals surface area contributed by atoms with Crippen molar-refractivity contribution in [2.45, 2.75) is 0 Å². The molecule has 0 saturated heterocycles. The Kier molecular flexibility index (Phi) is 89.5. The molecule has 0 rings (SSSR count). The normalized spacial score (nSPS) is 2.00. The van der Waals surface area contributed by atoms with Gasteiger partial charge in [0.1, 0.15) is 0 Å². The fraction of sp³-hybridized carbons (Fsp3) is 0. The van der Waals surface area contributed by atoms with Crippen LogP contribution in [-0.4, -0.2) is 18.9 Å². The zero-order valence-electron chi connectivity index (χ0n) is 2.10. The van der Waals surface area contributed by atoms with Gasteiger partial charge in [0.15, 0.2) is 0 Å². The van der Waals surface area contributed by atoms with E-state index in [1.165, 1.54) is 0 Å². The Hall–Kier alpha value is 1.23. The van der Waals surface area contributed by atoms with E-state index in [0.29, 0.717) is 0 Å². The van der Waals surface area contributed by atoms with Crippen LogP contribution >= 0.6 is 0 Å². The van der Waals surface area contributed by atoms with Crippen LogP contribution in [-0.2, 0) is 45.5 Å². The van der Waals surface area contributed by atoms with Crippen LogP contribution in [0.1, 0.15) is 0 Å². The zero-order valence-corrected chi connectivity index (χ0v) is 4.84. The third-order valence-corrected chi connectivity index (χ3v) is 0. The van der Waals surface area contributed by atoms with Gasteiger partial charge in [-0.3, -0.25) is 0 Å². The van der Waals surface area contributed by atoms with Gasteiger partial charge in [-0.1, -0.05) is 0 Å². The first-order chi connectivity index (χ1) is 2.41. The van der Waals surface area contributed by atoms with E-state index < -0.39 is 19.1 Å². The van der Waals surface area contributed by atoms with Gasteiger partial charge in [0.2, 0.25) is 0 Å². The second kappa shape index (κ2) is 34.3. The van der Waals surface area contributed by atoms with Crippen LogP contribution in [0.3, 0.4) is 0 Å². The molecule has 6 heteroatoms. The van der Waals surface area contributed by atoms with Gasteiger partial charge in [-0.05, 0) is 0 Å². The SMILES string of the molecule is [LiH].[O]=[Mn].[O]=[Ti]=[O]. The van der Waals surface area contributed by atoms with Crippen molar-refractivity contribution in [1.82, 2.24) is 0 Å². The van der Waals surface area contributed by atoms with E-state index in [0.717, 1.165) is 0 Å². The van der Waals surface area contributed by atoms with Gasteiger partial charge in [0.05, 0.1) is 0 Å². The van der Waals surface area contributed by atoms with E-state index in [4.69, 9.17) is 10.5 Å². The van der Waals surface area contributed by atoms with Gasteiger partial charge < -0.3 is 0 Å². The molecule has 0 atom stereocenters. The monoisotopic (exact) mass is 159 g/mol. The summed E-state index contributed by atoms with van der Waals surface area (Å²) < 4.78 is 25.1. The first kappa shape index (κ1) is 15.7. The van der Waals surface area contributed by atoms with Crippen molar-refractivity contribution < 1.29 is 45.5 Å². The van der Waals surface area contributed by atoms with Gasteiger partial charge in [0.25, 0.3) is 0 Å². The molecule has 31 valence electrons. The maximum atomic E-state index is 8.50. The van der Waals surface area contributed by atoms with Crippen LogP contribution in [0.15, 0.2) is 0 Å².